The minimum atomic E-state index is -4.76. The Morgan fingerprint density at radius 3 is 2.24 bits per heavy atom. The lowest BCUT2D eigenvalue weighted by Gasteiger charge is -2.20. The number of carbonyl (C=O) groups is 1. The first-order chi connectivity index (χ1) is 7.80. The minimum Gasteiger partial charge on any atom is -0.480 e. The Morgan fingerprint density at radius 2 is 1.82 bits per heavy atom. The number of hydrogen-bond donors (Lipinski definition) is 1. The summed E-state index contributed by atoms with van der Waals surface area (Å²) in [7, 11) is 0. The van der Waals surface area contributed by atoms with Gasteiger partial charge >= 0.3 is 12.1 Å². The highest BCUT2D eigenvalue weighted by molar-refractivity contribution is 5.68. The van der Waals surface area contributed by atoms with E-state index < -0.39 is 30.7 Å². The maximum absolute atomic E-state index is 12.5. The summed E-state index contributed by atoms with van der Waals surface area (Å²) in [6.45, 7) is -1.08. The van der Waals surface area contributed by atoms with Crippen LogP contribution in [0.2, 0.25) is 0 Å². The van der Waals surface area contributed by atoms with Gasteiger partial charge in [0.15, 0.2) is 6.10 Å². The van der Waals surface area contributed by atoms with Crippen LogP contribution < -0.4 is 0 Å². The Labute approximate surface area is 93.6 Å². The van der Waals surface area contributed by atoms with Crippen LogP contribution in [0.4, 0.5) is 17.6 Å². The van der Waals surface area contributed by atoms with Gasteiger partial charge in [-0.15, -0.1) is 0 Å². The Bertz CT molecular complexity index is 386. The number of carboxylic acids is 1. The predicted octanol–water partition coefficient (Wildman–Crippen LogP) is 2.53. The fourth-order valence-electron chi connectivity index (χ4n) is 1.17. The molecule has 0 saturated carbocycles. The molecule has 0 spiro atoms. The largest absolute Gasteiger partial charge is 0.480 e. The van der Waals surface area contributed by atoms with E-state index in [0.717, 1.165) is 24.3 Å². The van der Waals surface area contributed by atoms with E-state index in [1.807, 2.05) is 0 Å². The number of halogens is 4. The molecule has 0 saturated heterocycles. The molecule has 0 heterocycles. The minimum absolute atomic E-state index is 0.347. The summed E-state index contributed by atoms with van der Waals surface area (Å²) in [5.74, 6) is -2.20. The monoisotopic (exact) mass is 252 g/mol. The maximum Gasteiger partial charge on any atom is 0.418 e. The average molecular weight is 252 g/mol. The van der Waals surface area contributed by atoms with Crippen molar-refractivity contribution in [2.24, 2.45) is 0 Å². The van der Waals surface area contributed by atoms with Gasteiger partial charge in [-0.1, -0.05) is 12.1 Å². The molecule has 0 aliphatic rings. The molecular weight excluding hydrogens is 244 g/mol. The molecule has 0 aliphatic carbocycles. The van der Waals surface area contributed by atoms with Gasteiger partial charge in [-0.3, -0.25) is 0 Å². The normalized spacial score (nSPS) is 13.4. The van der Waals surface area contributed by atoms with Crippen molar-refractivity contribution in [1.82, 2.24) is 0 Å². The van der Waals surface area contributed by atoms with Crippen LogP contribution in [0.1, 0.15) is 11.7 Å². The second kappa shape index (κ2) is 5.13. The SMILES string of the molecule is O=C(O)CO[C@@H](c1ccc(F)cc1)C(F)(F)F. The summed E-state index contributed by atoms with van der Waals surface area (Å²) in [5.41, 5.74) is -0.347. The molecule has 0 aliphatic heterocycles. The van der Waals surface area contributed by atoms with E-state index in [0.29, 0.717) is 0 Å². The predicted molar refractivity (Wildman–Crippen MR) is 48.8 cm³/mol. The average Bonchev–Trinajstić information content (AvgIpc) is 2.18. The molecule has 3 nitrogen and oxygen atoms in total. The third-order valence-electron chi connectivity index (χ3n) is 1.84. The van der Waals surface area contributed by atoms with Crippen LogP contribution in [-0.2, 0) is 9.53 Å². The summed E-state index contributed by atoms with van der Waals surface area (Å²) >= 11 is 0. The van der Waals surface area contributed by atoms with Crippen LogP contribution >= 0.6 is 0 Å². The lowest BCUT2D eigenvalue weighted by molar-refractivity contribution is -0.225. The molecule has 0 bridgehead atoms. The summed E-state index contributed by atoms with van der Waals surface area (Å²) in [6, 6.07) is 3.49. The number of alkyl halides is 3. The van der Waals surface area contributed by atoms with Crippen LogP contribution in [0.25, 0.3) is 0 Å². The van der Waals surface area contributed by atoms with Gasteiger partial charge in [-0.25, -0.2) is 9.18 Å². The first-order valence-corrected chi connectivity index (χ1v) is 4.46. The maximum atomic E-state index is 12.5. The van der Waals surface area contributed by atoms with Gasteiger partial charge in [0, 0.05) is 0 Å². The van der Waals surface area contributed by atoms with Crippen molar-refractivity contribution in [3.05, 3.63) is 35.6 Å². The summed E-state index contributed by atoms with van der Waals surface area (Å²) < 4.78 is 54.4. The van der Waals surface area contributed by atoms with E-state index in [9.17, 15) is 22.4 Å². The molecule has 1 atom stereocenters. The molecule has 94 valence electrons. The van der Waals surface area contributed by atoms with Crippen molar-refractivity contribution in [2.45, 2.75) is 12.3 Å². The topological polar surface area (TPSA) is 46.5 Å². The van der Waals surface area contributed by atoms with E-state index >= 15 is 0 Å². The quantitative estimate of drug-likeness (QED) is 0.837. The van der Waals surface area contributed by atoms with Crippen LogP contribution in [0.3, 0.4) is 0 Å². The van der Waals surface area contributed by atoms with Crippen molar-refractivity contribution < 1.29 is 32.2 Å². The van der Waals surface area contributed by atoms with Crippen LogP contribution in [0.5, 0.6) is 0 Å². The molecule has 0 unspecified atom stereocenters. The standard InChI is InChI=1S/C10H8F4O3/c11-7-3-1-6(2-4-7)9(10(12,13)14)17-5-8(15)16/h1-4,9H,5H2,(H,15,16)/t9-/m0/s1. The second-order valence-electron chi connectivity index (χ2n) is 3.18. The van der Waals surface area contributed by atoms with Crippen LogP contribution in [-0.4, -0.2) is 23.9 Å². The first kappa shape index (κ1) is 13.4. The van der Waals surface area contributed by atoms with E-state index in [2.05, 4.69) is 4.74 Å². The number of ether oxygens (including phenoxy) is 1. The zero-order chi connectivity index (χ0) is 13.1. The van der Waals surface area contributed by atoms with E-state index in [1.165, 1.54) is 0 Å². The summed E-state index contributed by atoms with van der Waals surface area (Å²) in [5, 5.41) is 8.27. The number of carboxylic acid groups (broad SMARTS) is 1. The van der Waals surface area contributed by atoms with Gasteiger partial charge in [0.1, 0.15) is 12.4 Å². The van der Waals surface area contributed by atoms with Crippen molar-refractivity contribution in [2.75, 3.05) is 6.61 Å². The molecule has 0 amide bonds. The molecule has 0 aromatic heterocycles. The van der Waals surface area contributed by atoms with E-state index in [1.54, 1.807) is 0 Å². The number of rotatable bonds is 4. The van der Waals surface area contributed by atoms with Crippen LogP contribution in [0, 0.1) is 5.82 Å². The molecule has 17 heavy (non-hydrogen) atoms. The van der Waals surface area contributed by atoms with Gasteiger partial charge in [-0.2, -0.15) is 13.2 Å². The first-order valence-electron chi connectivity index (χ1n) is 4.46. The second-order valence-corrected chi connectivity index (χ2v) is 3.18. The number of benzene rings is 1. The fraction of sp³-hybridized carbons (Fsp3) is 0.300. The lowest BCUT2D eigenvalue weighted by atomic mass is 10.1. The third-order valence-corrected chi connectivity index (χ3v) is 1.84. The molecule has 1 aromatic carbocycles. The number of aliphatic carboxylic acids is 1. The molecule has 1 rings (SSSR count). The zero-order valence-corrected chi connectivity index (χ0v) is 8.37. The van der Waals surface area contributed by atoms with Gasteiger partial charge in [0.05, 0.1) is 0 Å². The van der Waals surface area contributed by atoms with Crippen molar-refractivity contribution >= 4 is 5.97 Å². The molecule has 0 fully saturated rings. The highest BCUT2D eigenvalue weighted by atomic mass is 19.4. The van der Waals surface area contributed by atoms with Gasteiger partial charge in [-0.05, 0) is 17.7 Å². The highest BCUT2D eigenvalue weighted by Gasteiger charge is 2.42. The van der Waals surface area contributed by atoms with E-state index in [4.69, 9.17) is 5.11 Å². The third kappa shape index (κ3) is 4.03. The van der Waals surface area contributed by atoms with Gasteiger partial charge in [0.25, 0.3) is 0 Å². The molecule has 1 aromatic rings. The number of hydrogen-bond acceptors (Lipinski definition) is 2. The van der Waals surface area contributed by atoms with Gasteiger partial charge < -0.3 is 9.84 Å². The lowest BCUT2D eigenvalue weighted by Crippen LogP contribution is -2.25. The Balaban J connectivity index is 2.90. The Morgan fingerprint density at radius 1 is 1.29 bits per heavy atom. The summed E-state index contributed by atoms with van der Waals surface area (Å²) in [4.78, 5) is 10.2. The summed E-state index contributed by atoms with van der Waals surface area (Å²) in [6.07, 6.45) is -7.13. The fourth-order valence-corrected chi connectivity index (χ4v) is 1.17. The molecule has 7 heteroatoms. The van der Waals surface area contributed by atoms with Crippen molar-refractivity contribution in [3.63, 3.8) is 0 Å². The van der Waals surface area contributed by atoms with Gasteiger partial charge in [0.2, 0.25) is 0 Å². The van der Waals surface area contributed by atoms with Crippen molar-refractivity contribution in [3.8, 4) is 0 Å². The highest BCUT2D eigenvalue weighted by Crippen LogP contribution is 2.35. The van der Waals surface area contributed by atoms with Crippen LogP contribution in [0.15, 0.2) is 24.3 Å². The molecule has 1 N–H and O–H groups in total. The Hall–Kier alpha value is -1.63. The Kier molecular flexibility index (Phi) is 4.06. The zero-order valence-electron chi connectivity index (χ0n) is 8.37. The van der Waals surface area contributed by atoms with E-state index in [-0.39, 0.29) is 5.56 Å². The molecule has 0 radical (unpaired) electrons. The smallest absolute Gasteiger partial charge is 0.418 e. The molecular formula is C10H8F4O3. The van der Waals surface area contributed by atoms with Crippen molar-refractivity contribution in [1.29, 1.82) is 0 Å².